The minimum absolute atomic E-state index is 0.101. The Balaban J connectivity index is 0.000000319. The Kier molecular flexibility index (Phi) is 10.4. The smallest absolute Gasteiger partial charge is 0.194 e. The van der Waals surface area contributed by atoms with Crippen molar-refractivity contribution in [2.24, 2.45) is 5.92 Å². The maximum atomic E-state index is 14.8. The first-order chi connectivity index (χ1) is 17.7. The molecule has 0 spiro atoms. The molecular formula is C30H29F7. The molecule has 0 amide bonds. The fraction of sp³-hybridized carbons (Fsp3) is 0.333. The molecule has 0 N–H and O–H groups in total. The van der Waals surface area contributed by atoms with E-state index in [1.807, 2.05) is 30.3 Å². The molecule has 3 aromatic carbocycles. The average molecular weight is 523 g/mol. The molecule has 0 unspecified atom stereocenters. The Labute approximate surface area is 212 Å². The number of benzene rings is 3. The van der Waals surface area contributed by atoms with Gasteiger partial charge < -0.3 is 0 Å². The number of rotatable bonds is 7. The molecule has 0 heterocycles. The van der Waals surface area contributed by atoms with Gasteiger partial charge in [0.15, 0.2) is 17.5 Å². The summed E-state index contributed by atoms with van der Waals surface area (Å²) in [7, 11) is 0. The molecule has 0 radical (unpaired) electrons. The fourth-order valence-electron chi connectivity index (χ4n) is 4.69. The molecule has 1 fully saturated rings. The summed E-state index contributed by atoms with van der Waals surface area (Å²) in [5.74, 6) is -6.48. The highest BCUT2D eigenvalue weighted by Gasteiger charge is 2.27. The van der Waals surface area contributed by atoms with Gasteiger partial charge in [-0.3, -0.25) is 4.39 Å². The number of aryl methyl sites for hydroxylation is 1. The molecule has 3 aromatic rings. The van der Waals surface area contributed by atoms with Crippen LogP contribution in [-0.2, 0) is 6.42 Å². The van der Waals surface area contributed by atoms with E-state index >= 15 is 0 Å². The van der Waals surface area contributed by atoms with E-state index in [-0.39, 0.29) is 30.3 Å². The van der Waals surface area contributed by atoms with E-state index in [9.17, 15) is 30.7 Å². The van der Waals surface area contributed by atoms with Crippen molar-refractivity contribution < 1.29 is 30.7 Å². The van der Waals surface area contributed by atoms with Gasteiger partial charge in [0.05, 0.1) is 6.67 Å². The maximum absolute atomic E-state index is 14.8. The summed E-state index contributed by atoms with van der Waals surface area (Å²) in [4.78, 5) is 0. The predicted molar refractivity (Wildman–Crippen MR) is 132 cm³/mol. The number of halogens is 7. The third-order valence-corrected chi connectivity index (χ3v) is 6.72. The molecule has 0 atom stereocenters. The van der Waals surface area contributed by atoms with E-state index in [1.54, 1.807) is 0 Å². The number of alkyl halides is 1. The average Bonchev–Trinajstić information content (AvgIpc) is 2.87. The van der Waals surface area contributed by atoms with E-state index in [0.29, 0.717) is 17.9 Å². The van der Waals surface area contributed by atoms with Gasteiger partial charge >= 0.3 is 0 Å². The van der Waals surface area contributed by atoms with Crippen molar-refractivity contribution in [3.05, 3.63) is 107 Å². The summed E-state index contributed by atoms with van der Waals surface area (Å²) in [6.45, 7) is 3.41. The molecule has 7 heteroatoms. The molecule has 1 saturated carbocycles. The topological polar surface area (TPSA) is 0 Å². The van der Waals surface area contributed by atoms with Gasteiger partial charge in [-0.15, -0.1) is 6.58 Å². The first-order valence-corrected chi connectivity index (χ1v) is 12.3. The number of hydrogen-bond acceptors (Lipinski definition) is 0. The molecule has 1 aliphatic carbocycles. The second-order valence-corrected chi connectivity index (χ2v) is 9.26. The van der Waals surface area contributed by atoms with Crippen LogP contribution in [-0.4, -0.2) is 6.67 Å². The monoisotopic (exact) mass is 522 g/mol. The Hall–Kier alpha value is -3.09. The van der Waals surface area contributed by atoms with Crippen LogP contribution in [0.4, 0.5) is 30.7 Å². The van der Waals surface area contributed by atoms with E-state index in [4.69, 9.17) is 0 Å². The highest BCUT2D eigenvalue weighted by atomic mass is 19.2. The zero-order valence-corrected chi connectivity index (χ0v) is 20.4. The molecule has 0 saturated heterocycles. The van der Waals surface area contributed by atoms with Crippen LogP contribution >= 0.6 is 0 Å². The van der Waals surface area contributed by atoms with E-state index in [1.165, 1.54) is 17.7 Å². The molecule has 0 nitrogen and oxygen atoms in total. The first kappa shape index (κ1) is 28.5. The molecule has 1 aliphatic rings. The molecule has 0 aromatic heterocycles. The summed E-state index contributed by atoms with van der Waals surface area (Å²) in [5.41, 5.74) is 2.77. The molecule has 4 rings (SSSR count). The van der Waals surface area contributed by atoms with Gasteiger partial charge in [-0.05, 0) is 85.6 Å². The lowest BCUT2D eigenvalue weighted by atomic mass is 9.77. The van der Waals surface area contributed by atoms with Crippen LogP contribution in [0.3, 0.4) is 0 Å². The lowest BCUT2D eigenvalue weighted by Crippen LogP contribution is -2.16. The second-order valence-electron chi connectivity index (χ2n) is 9.26. The summed E-state index contributed by atoms with van der Waals surface area (Å²) in [6, 6.07) is 11.3. The van der Waals surface area contributed by atoms with E-state index in [2.05, 4.69) is 6.58 Å². The molecule has 0 aliphatic heterocycles. The normalized spacial score (nSPS) is 17.2. The van der Waals surface area contributed by atoms with E-state index in [0.717, 1.165) is 44.1 Å². The van der Waals surface area contributed by atoms with Crippen LogP contribution in [0, 0.1) is 40.8 Å². The van der Waals surface area contributed by atoms with Gasteiger partial charge in [0, 0.05) is 17.7 Å². The largest absolute Gasteiger partial charge is 0.251 e. The van der Waals surface area contributed by atoms with Crippen molar-refractivity contribution in [1.29, 1.82) is 0 Å². The lowest BCUT2D eigenvalue weighted by Gasteiger charge is -2.28. The number of hydrogen-bond donors (Lipinski definition) is 0. The van der Waals surface area contributed by atoms with Gasteiger partial charge in [0.2, 0.25) is 0 Å². The number of allylic oxidation sites excluding steroid dienone is 1. The van der Waals surface area contributed by atoms with Crippen molar-refractivity contribution in [2.75, 3.05) is 6.67 Å². The standard InChI is InChI=1S/C24H27F3.C6H2F4/c1-2-3-4-17-5-9-19(10-6-17)21-15-22(26)24(23(27)16-21)20-11-7-18(8-12-20)13-14-25;7-3-1-4(8)6(10)5(9)2-3/h2,5-6,9-10,15-16,18,20H,1,3-4,7-8,11-14H2;1-2H. The van der Waals surface area contributed by atoms with Gasteiger partial charge in [-0.2, -0.15) is 0 Å². The zero-order valence-electron chi connectivity index (χ0n) is 20.4. The highest BCUT2D eigenvalue weighted by molar-refractivity contribution is 5.64. The second kappa shape index (κ2) is 13.5. The highest BCUT2D eigenvalue weighted by Crippen LogP contribution is 2.40. The Bertz CT molecular complexity index is 1130. The van der Waals surface area contributed by atoms with Crippen molar-refractivity contribution in [1.82, 2.24) is 0 Å². The molecular weight excluding hydrogens is 493 g/mol. The SMILES string of the molecule is C=CCCc1ccc(-c2cc(F)c(C3CCC(CCF)CC3)c(F)c2)cc1.Fc1cc(F)c(F)c(F)c1. The summed E-state index contributed by atoms with van der Waals surface area (Å²) >= 11 is 0. The fourth-order valence-corrected chi connectivity index (χ4v) is 4.69. The minimum Gasteiger partial charge on any atom is -0.251 e. The van der Waals surface area contributed by atoms with Gasteiger partial charge in [0.25, 0.3) is 0 Å². The van der Waals surface area contributed by atoms with Crippen LogP contribution in [0.1, 0.15) is 55.6 Å². The molecule has 198 valence electrons. The minimum atomic E-state index is -1.65. The zero-order chi connectivity index (χ0) is 26.9. The van der Waals surface area contributed by atoms with Crippen LogP contribution < -0.4 is 0 Å². The van der Waals surface area contributed by atoms with Gasteiger partial charge in [0.1, 0.15) is 17.5 Å². The summed E-state index contributed by atoms with van der Waals surface area (Å²) in [6.07, 6.45) is 7.43. The Morgan fingerprint density at radius 2 is 1.30 bits per heavy atom. The van der Waals surface area contributed by atoms with Crippen molar-refractivity contribution in [3.8, 4) is 11.1 Å². The lowest BCUT2D eigenvalue weighted by molar-refractivity contribution is 0.278. The Morgan fingerprint density at radius 3 is 1.81 bits per heavy atom. The summed E-state index contributed by atoms with van der Waals surface area (Å²) in [5, 5.41) is 0. The van der Waals surface area contributed by atoms with Gasteiger partial charge in [-0.25, -0.2) is 26.3 Å². The molecule has 37 heavy (non-hydrogen) atoms. The van der Waals surface area contributed by atoms with Crippen molar-refractivity contribution in [3.63, 3.8) is 0 Å². The summed E-state index contributed by atoms with van der Waals surface area (Å²) < 4.78 is 89.9. The Morgan fingerprint density at radius 1 is 0.730 bits per heavy atom. The third kappa shape index (κ3) is 7.70. The van der Waals surface area contributed by atoms with Crippen LogP contribution in [0.15, 0.2) is 61.2 Å². The molecule has 0 bridgehead atoms. The van der Waals surface area contributed by atoms with Crippen LogP contribution in [0.5, 0.6) is 0 Å². The first-order valence-electron chi connectivity index (χ1n) is 12.3. The third-order valence-electron chi connectivity index (χ3n) is 6.72. The van der Waals surface area contributed by atoms with Gasteiger partial charge in [-0.1, -0.05) is 30.3 Å². The van der Waals surface area contributed by atoms with Crippen molar-refractivity contribution >= 4 is 0 Å². The van der Waals surface area contributed by atoms with E-state index < -0.39 is 34.9 Å². The van der Waals surface area contributed by atoms with Crippen LogP contribution in [0.2, 0.25) is 0 Å². The quantitative estimate of drug-likeness (QED) is 0.125. The predicted octanol–water partition coefficient (Wildman–Crippen LogP) is 9.63. The maximum Gasteiger partial charge on any atom is 0.194 e. The van der Waals surface area contributed by atoms with Crippen molar-refractivity contribution in [2.45, 2.75) is 50.9 Å². The van der Waals surface area contributed by atoms with Crippen LogP contribution in [0.25, 0.3) is 11.1 Å².